The molecule has 1 heterocycles. The quantitative estimate of drug-likeness (QED) is 0.439. The molecule has 45 heavy (non-hydrogen) atoms. The van der Waals surface area contributed by atoms with Gasteiger partial charge >= 0.3 is 0 Å². The van der Waals surface area contributed by atoms with E-state index in [-0.39, 0.29) is 31.4 Å². The lowest BCUT2D eigenvalue weighted by Crippen LogP contribution is -2.70. The molecule has 4 aliphatic carbocycles. The molecule has 0 bridgehead atoms. The highest BCUT2D eigenvalue weighted by atomic mass is 19.1. The van der Waals surface area contributed by atoms with Crippen LogP contribution in [0.5, 0.6) is 0 Å². The molecule has 2 aromatic carbocycles. The summed E-state index contributed by atoms with van der Waals surface area (Å²) < 4.78 is 46.3. The zero-order chi connectivity index (χ0) is 31.9. The Labute approximate surface area is 260 Å². The number of halogens is 2. The van der Waals surface area contributed by atoms with Gasteiger partial charge in [0.1, 0.15) is 12.8 Å². The predicted octanol–water partition coefficient (Wildman–Crippen LogP) is 4.41. The Bertz CT molecular complexity index is 1590. The van der Waals surface area contributed by atoms with Gasteiger partial charge in [-0.25, -0.2) is 8.78 Å². The standard InChI is InChI=1S/C36H38F2O7/c1-33-12-11-24(41)14-27(33)28(37)15-26-25-16-31-36(30(43)19-40,34(25,2)17-29(42)35(26,33)38)45-32(44-31)23-9-7-21(8-10-23)13-20-3-5-22(18-39)6-4-20/h3-12,14,25-26,28-29,31-32,39-40,42H,13,15-19H2,1-2H3/t25-,26-,28-,29-,31+,32+,33-,34-,35-,36+/m0/s1. The summed E-state index contributed by atoms with van der Waals surface area (Å²) in [6.07, 6.45) is -0.766. The minimum absolute atomic E-state index is 0.0147. The molecule has 5 aliphatic rings. The normalized spacial score (nSPS) is 41.6. The molecule has 9 heteroatoms. The summed E-state index contributed by atoms with van der Waals surface area (Å²) in [7, 11) is 0. The first-order valence-electron chi connectivity index (χ1n) is 15.6. The van der Waals surface area contributed by atoms with E-state index in [0.29, 0.717) is 12.0 Å². The lowest BCUT2D eigenvalue weighted by Gasteiger charge is -2.63. The van der Waals surface area contributed by atoms with Gasteiger partial charge in [-0.3, -0.25) is 9.59 Å². The number of ether oxygens (including phenoxy) is 2. The zero-order valence-corrected chi connectivity index (χ0v) is 25.3. The van der Waals surface area contributed by atoms with Crippen LogP contribution in [0.15, 0.2) is 72.3 Å². The fourth-order valence-electron chi connectivity index (χ4n) is 9.51. The van der Waals surface area contributed by atoms with Gasteiger partial charge in [-0.05, 0) is 72.9 Å². The lowest BCUT2D eigenvalue weighted by molar-refractivity contribution is -0.235. The third kappa shape index (κ3) is 4.10. The number of Topliss-reactive ketones (excluding diaryl/α,β-unsaturated/α-hetero) is 1. The maximum Gasteiger partial charge on any atom is 0.193 e. The summed E-state index contributed by atoms with van der Waals surface area (Å²) in [6.45, 7) is 2.46. The summed E-state index contributed by atoms with van der Waals surface area (Å²) in [6, 6.07) is 15.3. The van der Waals surface area contributed by atoms with Crippen LogP contribution < -0.4 is 0 Å². The van der Waals surface area contributed by atoms with Crippen molar-refractivity contribution in [2.75, 3.05) is 6.61 Å². The molecule has 7 nitrogen and oxygen atoms in total. The van der Waals surface area contributed by atoms with Crippen molar-refractivity contribution in [3.05, 3.63) is 94.6 Å². The number of alkyl halides is 2. The molecule has 0 radical (unpaired) electrons. The number of hydrogen-bond acceptors (Lipinski definition) is 7. The second-order valence-corrected chi connectivity index (χ2v) is 13.9. The number of aliphatic hydroxyl groups is 3. The van der Waals surface area contributed by atoms with E-state index in [1.54, 1.807) is 6.92 Å². The molecular formula is C36H38F2O7. The van der Waals surface area contributed by atoms with Crippen molar-refractivity contribution in [3.8, 4) is 0 Å². The SMILES string of the molecule is C[C@]12C=CC(=O)C=C1[C@@H](F)C[C@H]1[C@@H]3C[C@H]4O[C@@H](c5ccc(Cc6ccc(CO)cc6)cc5)O[C@@]4(C(=O)CO)[C@@]3(C)C[C@H](O)[C@@]12F. The van der Waals surface area contributed by atoms with Crippen molar-refractivity contribution in [1.29, 1.82) is 0 Å². The fourth-order valence-corrected chi connectivity index (χ4v) is 9.51. The maximum absolute atomic E-state index is 17.6. The third-order valence-electron chi connectivity index (χ3n) is 11.8. The molecule has 1 aliphatic heterocycles. The molecule has 0 amide bonds. The van der Waals surface area contributed by atoms with E-state index in [9.17, 15) is 24.9 Å². The molecule has 7 rings (SSSR count). The zero-order valence-electron chi connectivity index (χ0n) is 25.3. The Balaban J connectivity index is 1.19. The van der Waals surface area contributed by atoms with Gasteiger partial charge in [0.2, 0.25) is 0 Å². The second kappa shape index (κ2) is 10.5. The van der Waals surface area contributed by atoms with E-state index >= 15 is 8.78 Å². The van der Waals surface area contributed by atoms with Gasteiger partial charge in [0, 0.05) is 22.3 Å². The molecule has 0 spiro atoms. The van der Waals surface area contributed by atoms with Crippen LogP contribution in [-0.2, 0) is 32.1 Å². The molecular weight excluding hydrogens is 582 g/mol. The monoisotopic (exact) mass is 620 g/mol. The Hall–Kier alpha value is -3.08. The van der Waals surface area contributed by atoms with E-state index in [4.69, 9.17) is 9.47 Å². The molecule has 238 valence electrons. The Morgan fingerprint density at radius 3 is 2.27 bits per heavy atom. The highest BCUT2D eigenvalue weighted by Crippen LogP contribution is 2.72. The highest BCUT2D eigenvalue weighted by Gasteiger charge is 2.80. The molecule has 3 N–H and O–H groups in total. The van der Waals surface area contributed by atoms with Crippen molar-refractivity contribution < 1.29 is 43.2 Å². The topological polar surface area (TPSA) is 113 Å². The van der Waals surface area contributed by atoms with Crippen LogP contribution in [0, 0.1) is 22.7 Å². The van der Waals surface area contributed by atoms with Gasteiger partial charge in [-0.1, -0.05) is 61.5 Å². The summed E-state index contributed by atoms with van der Waals surface area (Å²) in [5, 5.41) is 31.1. The number of benzene rings is 2. The van der Waals surface area contributed by atoms with E-state index < -0.39 is 76.8 Å². The van der Waals surface area contributed by atoms with Gasteiger partial charge in [0.15, 0.2) is 29.1 Å². The van der Waals surface area contributed by atoms with Crippen LogP contribution in [0.25, 0.3) is 0 Å². The molecule has 1 saturated heterocycles. The molecule has 0 aromatic heterocycles. The minimum Gasteiger partial charge on any atom is -0.392 e. The summed E-state index contributed by atoms with van der Waals surface area (Å²) in [5.74, 6) is -2.62. The summed E-state index contributed by atoms with van der Waals surface area (Å²) in [4.78, 5) is 25.8. The van der Waals surface area contributed by atoms with Crippen molar-refractivity contribution in [1.82, 2.24) is 0 Å². The van der Waals surface area contributed by atoms with Crippen LogP contribution in [0.4, 0.5) is 8.78 Å². The number of rotatable bonds is 6. The van der Waals surface area contributed by atoms with E-state index in [2.05, 4.69) is 0 Å². The Morgan fingerprint density at radius 2 is 1.62 bits per heavy atom. The number of allylic oxidation sites excluding steroid dienone is 4. The van der Waals surface area contributed by atoms with Gasteiger partial charge < -0.3 is 24.8 Å². The Morgan fingerprint density at radius 1 is 0.978 bits per heavy atom. The molecule has 2 aromatic rings. The van der Waals surface area contributed by atoms with Crippen LogP contribution in [0.1, 0.15) is 61.7 Å². The first-order chi connectivity index (χ1) is 21.4. The van der Waals surface area contributed by atoms with Gasteiger partial charge in [0.05, 0.1) is 18.8 Å². The van der Waals surface area contributed by atoms with Crippen molar-refractivity contribution in [2.24, 2.45) is 22.7 Å². The molecule has 0 unspecified atom stereocenters. The van der Waals surface area contributed by atoms with Gasteiger partial charge in [0.25, 0.3) is 0 Å². The number of carbonyl (C=O) groups is 2. The second-order valence-electron chi connectivity index (χ2n) is 13.9. The number of ketones is 2. The number of carbonyl (C=O) groups excluding carboxylic acids is 2. The average molecular weight is 621 g/mol. The first kappa shape index (κ1) is 30.6. The highest BCUT2D eigenvalue weighted by molar-refractivity contribution is 6.01. The third-order valence-corrected chi connectivity index (χ3v) is 11.8. The summed E-state index contributed by atoms with van der Waals surface area (Å²) in [5.41, 5.74) is -3.01. The van der Waals surface area contributed by atoms with Crippen LogP contribution in [0.2, 0.25) is 0 Å². The maximum atomic E-state index is 17.6. The van der Waals surface area contributed by atoms with Gasteiger partial charge in [-0.15, -0.1) is 0 Å². The van der Waals surface area contributed by atoms with Crippen molar-refractivity contribution >= 4 is 11.6 Å². The number of hydrogen-bond donors (Lipinski definition) is 3. The van der Waals surface area contributed by atoms with Gasteiger partial charge in [-0.2, -0.15) is 0 Å². The predicted molar refractivity (Wildman–Crippen MR) is 159 cm³/mol. The average Bonchev–Trinajstić information content (AvgIpc) is 3.53. The molecule has 4 fully saturated rings. The first-order valence-corrected chi connectivity index (χ1v) is 15.6. The van der Waals surface area contributed by atoms with Crippen LogP contribution >= 0.6 is 0 Å². The number of fused-ring (bicyclic) bond motifs is 7. The Kier molecular flexibility index (Phi) is 7.11. The van der Waals surface area contributed by atoms with Crippen LogP contribution in [0.3, 0.4) is 0 Å². The van der Waals surface area contributed by atoms with E-state index in [1.165, 1.54) is 19.1 Å². The largest absolute Gasteiger partial charge is 0.392 e. The minimum atomic E-state index is -2.29. The van der Waals surface area contributed by atoms with Crippen molar-refractivity contribution in [3.63, 3.8) is 0 Å². The number of aliphatic hydroxyl groups excluding tert-OH is 3. The van der Waals surface area contributed by atoms with E-state index in [1.807, 2.05) is 48.5 Å². The summed E-state index contributed by atoms with van der Waals surface area (Å²) >= 11 is 0. The lowest BCUT2D eigenvalue weighted by atomic mass is 9.44. The molecule has 10 atom stereocenters. The fraction of sp³-hybridized carbons (Fsp3) is 0.500. The smallest absolute Gasteiger partial charge is 0.193 e. The van der Waals surface area contributed by atoms with Crippen LogP contribution in [-0.4, -0.2) is 63.1 Å². The van der Waals surface area contributed by atoms with Crippen molar-refractivity contribution in [2.45, 2.75) is 82.1 Å². The van der Waals surface area contributed by atoms with E-state index in [0.717, 1.165) is 22.8 Å². The molecule has 3 saturated carbocycles.